The van der Waals surface area contributed by atoms with Gasteiger partial charge in [0.25, 0.3) is 0 Å². The van der Waals surface area contributed by atoms with Gasteiger partial charge in [0, 0.05) is 18.7 Å². The highest BCUT2D eigenvalue weighted by molar-refractivity contribution is 5.88. The predicted molar refractivity (Wildman–Crippen MR) is 78.5 cm³/mol. The van der Waals surface area contributed by atoms with Crippen molar-refractivity contribution in [1.29, 1.82) is 0 Å². The van der Waals surface area contributed by atoms with E-state index in [-0.39, 0.29) is 17.8 Å². The predicted octanol–water partition coefficient (Wildman–Crippen LogP) is 2.93. The molecular weight excluding hydrogens is 269 g/mol. The Hall–Kier alpha value is -1.42. The van der Waals surface area contributed by atoms with E-state index in [4.69, 9.17) is 4.74 Å². The Balaban J connectivity index is 1.77. The SMILES string of the molecule is O=C(NC[C@H]1CCCO1)C1(c2ccccc2F)CCCC1. The van der Waals surface area contributed by atoms with E-state index in [9.17, 15) is 9.18 Å². The summed E-state index contributed by atoms with van der Waals surface area (Å²) in [4.78, 5) is 12.7. The Labute approximate surface area is 124 Å². The van der Waals surface area contributed by atoms with Gasteiger partial charge in [-0.15, -0.1) is 0 Å². The van der Waals surface area contributed by atoms with Crippen molar-refractivity contribution in [2.45, 2.75) is 50.0 Å². The molecule has 1 aliphatic heterocycles. The second-order valence-electron chi connectivity index (χ2n) is 6.11. The summed E-state index contributed by atoms with van der Waals surface area (Å²) in [7, 11) is 0. The largest absolute Gasteiger partial charge is 0.376 e. The summed E-state index contributed by atoms with van der Waals surface area (Å²) in [6, 6.07) is 6.69. The molecule has 0 bridgehead atoms. The summed E-state index contributed by atoms with van der Waals surface area (Å²) in [5.41, 5.74) is -0.142. The van der Waals surface area contributed by atoms with Crippen LogP contribution in [-0.4, -0.2) is 25.2 Å². The molecule has 0 radical (unpaired) electrons. The van der Waals surface area contributed by atoms with Crippen molar-refractivity contribution in [3.8, 4) is 0 Å². The molecule has 114 valence electrons. The van der Waals surface area contributed by atoms with Crippen molar-refractivity contribution in [3.63, 3.8) is 0 Å². The fourth-order valence-corrected chi connectivity index (χ4v) is 3.63. The lowest BCUT2D eigenvalue weighted by Crippen LogP contribution is -2.45. The molecule has 1 saturated carbocycles. The van der Waals surface area contributed by atoms with Gasteiger partial charge in [0.2, 0.25) is 5.91 Å². The molecule has 1 heterocycles. The van der Waals surface area contributed by atoms with E-state index in [2.05, 4.69) is 5.32 Å². The minimum absolute atomic E-state index is 0.0411. The molecule has 1 N–H and O–H groups in total. The van der Waals surface area contributed by atoms with E-state index >= 15 is 0 Å². The fraction of sp³-hybridized carbons (Fsp3) is 0.588. The lowest BCUT2D eigenvalue weighted by atomic mass is 9.77. The van der Waals surface area contributed by atoms with Crippen LogP contribution in [0.25, 0.3) is 0 Å². The number of amides is 1. The molecule has 0 spiro atoms. The number of ether oxygens (including phenoxy) is 1. The zero-order valence-electron chi connectivity index (χ0n) is 12.2. The Morgan fingerprint density at radius 2 is 2.05 bits per heavy atom. The molecule has 21 heavy (non-hydrogen) atoms. The van der Waals surface area contributed by atoms with E-state index in [1.807, 2.05) is 6.07 Å². The van der Waals surface area contributed by atoms with Crippen LogP contribution in [0.2, 0.25) is 0 Å². The highest BCUT2D eigenvalue weighted by Gasteiger charge is 2.44. The summed E-state index contributed by atoms with van der Waals surface area (Å²) < 4.78 is 19.7. The molecule has 2 fully saturated rings. The molecule has 2 aliphatic rings. The number of benzene rings is 1. The van der Waals surface area contributed by atoms with Crippen molar-refractivity contribution in [2.75, 3.05) is 13.2 Å². The minimum atomic E-state index is -0.691. The number of nitrogens with one attached hydrogen (secondary N) is 1. The van der Waals surface area contributed by atoms with Crippen molar-refractivity contribution < 1.29 is 13.9 Å². The van der Waals surface area contributed by atoms with Gasteiger partial charge in [0.1, 0.15) is 5.82 Å². The zero-order valence-corrected chi connectivity index (χ0v) is 12.2. The van der Waals surface area contributed by atoms with Crippen molar-refractivity contribution in [1.82, 2.24) is 5.32 Å². The summed E-state index contributed by atoms with van der Waals surface area (Å²) >= 11 is 0. The Morgan fingerprint density at radius 3 is 2.71 bits per heavy atom. The summed E-state index contributed by atoms with van der Waals surface area (Å²) in [5.74, 6) is -0.313. The van der Waals surface area contributed by atoms with E-state index in [0.717, 1.165) is 45.1 Å². The molecule has 1 aromatic carbocycles. The maximum atomic E-state index is 14.2. The van der Waals surface area contributed by atoms with E-state index < -0.39 is 5.41 Å². The van der Waals surface area contributed by atoms with Gasteiger partial charge >= 0.3 is 0 Å². The van der Waals surface area contributed by atoms with Crippen LogP contribution in [0, 0.1) is 5.82 Å². The van der Waals surface area contributed by atoms with Gasteiger partial charge in [-0.25, -0.2) is 4.39 Å². The van der Waals surface area contributed by atoms with Crippen LogP contribution >= 0.6 is 0 Å². The molecule has 1 aliphatic carbocycles. The van der Waals surface area contributed by atoms with E-state index in [1.165, 1.54) is 6.07 Å². The molecule has 1 saturated heterocycles. The number of rotatable bonds is 4. The minimum Gasteiger partial charge on any atom is -0.376 e. The van der Waals surface area contributed by atoms with Crippen LogP contribution in [0.15, 0.2) is 24.3 Å². The average Bonchev–Trinajstić information content (AvgIpc) is 3.17. The first-order chi connectivity index (χ1) is 10.2. The highest BCUT2D eigenvalue weighted by atomic mass is 19.1. The monoisotopic (exact) mass is 291 g/mol. The topological polar surface area (TPSA) is 38.3 Å². The molecule has 0 unspecified atom stereocenters. The first-order valence-electron chi connectivity index (χ1n) is 7.87. The second-order valence-corrected chi connectivity index (χ2v) is 6.11. The Kier molecular flexibility index (Phi) is 4.24. The third-order valence-electron chi connectivity index (χ3n) is 4.80. The average molecular weight is 291 g/mol. The fourth-order valence-electron chi connectivity index (χ4n) is 3.63. The molecule has 1 aromatic rings. The van der Waals surface area contributed by atoms with Gasteiger partial charge in [0.15, 0.2) is 0 Å². The van der Waals surface area contributed by atoms with Crippen LogP contribution in [0.5, 0.6) is 0 Å². The van der Waals surface area contributed by atoms with Crippen LogP contribution in [0.1, 0.15) is 44.1 Å². The van der Waals surface area contributed by atoms with Gasteiger partial charge in [0.05, 0.1) is 11.5 Å². The van der Waals surface area contributed by atoms with E-state index in [1.54, 1.807) is 12.1 Å². The first-order valence-corrected chi connectivity index (χ1v) is 7.87. The van der Waals surface area contributed by atoms with Gasteiger partial charge in [-0.05, 0) is 31.7 Å². The highest BCUT2D eigenvalue weighted by Crippen LogP contribution is 2.42. The van der Waals surface area contributed by atoms with Crippen LogP contribution in [0.4, 0.5) is 4.39 Å². The van der Waals surface area contributed by atoms with Crippen LogP contribution in [0.3, 0.4) is 0 Å². The van der Waals surface area contributed by atoms with Crippen LogP contribution < -0.4 is 5.32 Å². The lowest BCUT2D eigenvalue weighted by molar-refractivity contribution is -0.127. The lowest BCUT2D eigenvalue weighted by Gasteiger charge is -2.29. The number of hydrogen-bond donors (Lipinski definition) is 1. The smallest absolute Gasteiger partial charge is 0.230 e. The quantitative estimate of drug-likeness (QED) is 0.926. The maximum absolute atomic E-state index is 14.2. The third-order valence-corrected chi connectivity index (χ3v) is 4.80. The number of carbonyl (C=O) groups excluding carboxylic acids is 1. The summed E-state index contributed by atoms with van der Waals surface area (Å²) in [5, 5.41) is 3.00. The molecule has 0 aromatic heterocycles. The molecule has 4 heteroatoms. The van der Waals surface area contributed by atoms with Gasteiger partial charge in [-0.3, -0.25) is 4.79 Å². The van der Waals surface area contributed by atoms with Crippen molar-refractivity contribution in [2.24, 2.45) is 0 Å². The molecular formula is C17H22FNO2. The van der Waals surface area contributed by atoms with Crippen LogP contribution in [-0.2, 0) is 14.9 Å². The van der Waals surface area contributed by atoms with Gasteiger partial charge < -0.3 is 10.1 Å². The standard InChI is InChI=1S/C17H22FNO2/c18-15-8-2-1-7-14(15)17(9-3-4-10-17)16(20)19-12-13-6-5-11-21-13/h1-2,7-8,13H,3-6,9-12H2,(H,19,20)/t13-/m1/s1. The van der Waals surface area contributed by atoms with E-state index in [0.29, 0.717) is 12.1 Å². The third kappa shape index (κ3) is 2.82. The zero-order chi connectivity index (χ0) is 14.7. The number of halogens is 1. The molecule has 3 rings (SSSR count). The molecule has 3 nitrogen and oxygen atoms in total. The normalized spacial score (nSPS) is 24.1. The number of hydrogen-bond acceptors (Lipinski definition) is 2. The van der Waals surface area contributed by atoms with Crippen molar-refractivity contribution >= 4 is 5.91 Å². The number of carbonyl (C=O) groups is 1. The summed E-state index contributed by atoms with van der Waals surface area (Å²) in [6.07, 6.45) is 5.57. The van der Waals surface area contributed by atoms with Gasteiger partial charge in [-0.1, -0.05) is 31.0 Å². The molecule has 1 amide bonds. The first kappa shape index (κ1) is 14.5. The van der Waals surface area contributed by atoms with Gasteiger partial charge in [-0.2, -0.15) is 0 Å². The van der Waals surface area contributed by atoms with Crippen molar-refractivity contribution in [3.05, 3.63) is 35.6 Å². The Morgan fingerprint density at radius 1 is 1.29 bits per heavy atom. The Bertz CT molecular complexity index is 505. The summed E-state index contributed by atoms with van der Waals surface area (Å²) in [6.45, 7) is 1.31. The molecule has 1 atom stereocenters. The maximum Gasteiger partial charge on any atom is 0.230 e. The second kappa shape index (κ2) is 6.14.